The maximum absolute atomic E-state index is 5.93. The van der Waals surface area contributed by atoms with E-state index in [9.17, 15) is 0 Å². The quantitative estimate of drug-likeness (QED) is 0.387. The lowest BCUT2D eigenvalue weighted by molar-refractivity contribution is 0.588. The summed E-state index contributed by atoms with van der Waals surface area (Å²) in [6.45, 7) is 15.3. The van der Waals surface area contributed by atoms with Gasteiger partial charge in [-0.2, -0.15) is 0 Å². The molecule has 0 heterocycles. The molecule has 0 aromatic heterocycles. The van der Waals surface area contributed by atoms with Crippen molar-refractivity contribution >= 4 is 13.8 Å². The highest BCUT2D eigenvalue weighted by molar-refractivity contribution is 6.67. The second kappa shape index (κ2) is 9.60. The van der Waals surface area contributed by atoms with Crippen molar-refractivity contribution < 1.29 is 4.57 Å². The maximum Gasteiger partial charge on any atom is 0.283 e. The van der Waals surface area contributed by atoms with Gasteiger partial charge in [-0.3, -0.25) is 0 Å². The van der Waals surface area contributed by atoms with Gasteiger partial charge in [0.25, 0.3) is 13.8 Å². The van der Waals surface area contributed by atoms with Crippen molar-refractivity contribution in [2.24, 2.45) is 0 Å². The first kappa shape index (κ1) is 14.0. The van der Waals surface area contributed by atoms with Crippen molar-refractivity contribution in [1.82, 2.24) is 0 Å². The molecule has 0 aliphatic carbocycles. The Morgan fingerprint density at radius 3 is 1.13 bits per heavy atom. The van der Waals surface area contributed by atoms with Gasteiger partial charge in [-0.15, -0.1) is 26.3 Å². The molecule has 0 fully saturated rings. The summed E-state index contributed by atoms with van der Waals surface area (Å²) in [4.78, 5) is 0. The average Bonchev–Trinajstić information content (AvgIpc) is 2.19. The van der Waals surface area contributed by atoms with Crippen LogP contribution in [0.2, 0.25) is 25.3 Å². The molecule has 0 saturated heterocycles. The average molecular weight is 202 g/mol. The molecule has 15 heavy (non-hydrogen) atoms. The van der Waals surface area contributed by atoms with Crippen LogP contribution in [-0.4, -0.2) is 13.8 Å². The van der Waals surface area contributed by atoms with Crippen molar-refractivity contribution in [3.63, 3.8) is 0 Å². The minimum atomic E-state index is 0.185. The third kappa shape index (κ3) is 7.03. The fourth-order valence-electron chi connectivity index (χ4n) is 1.43. The van der Waals surface area contributed by atoms with E-state index in [1.165, 1.54) is 0 Å². The smallest absolute Gasteiger partial charge is 0.283 e. The van der Waals surface area contributed by atoms with E-state index in [0.717, 1.165) is 25.3 Å². The summed E-state index contributed by atoms with van der Waals surface area (Å²) >= 11 is 0. The topological polar surface area (TPSA) is 9.23 Å². The molecule has 0 radical (unpaired) electrons. The fourth-order valence-corrected chi connectivity index (χ4v) is 1.43. The van der Waals surface area contributed by atoms with Crippen LogP contribution in [0.3, 0.4) is 0 Å². The maximum atomic E-state index is 5.93. The molecule has 0 spiro atoms. The number of rotatable bonds is 10. The lowest BCUT2D eigenvalue weighted by atomic mass is 9.53. The van der Waals surface area contributed by atoms with Gasteiger partial charge in [0.05, 0.1) is 0 Å². The molecular weight excluding hydrogens is 182 g/mol. The molecule has 0 N–H and O–H groups in total. The Balaban J connectivity index is 4.15. The summed E-state index contributed by atoms with van der Waals surface area (Å²) in [7, 11) is 0. The molecule has 0 unspecified atom stereocenters. The molecule has 0 atom stereocenters. The van der Waals surface area contributed by atoms with Crippen LogP contribution in [0.5, 0.6) is 0 Å². The molecular formula is C12H20B2O. The zero-order chi connectivity index (χ0) is 11.5. The molecule has 0 aromatic carbocycles. The highest BCUT2D eigenvalue weighted by atomic mass is 16.4. The van der Waals surface area contributed by atoms with Gasteiger partial charge in [0.2, 0.25) is 0 Å². The number of hydrogen-bond acceptors (Lipinski definition) is 1. The fraction of sp³-hybridized carbons (Fsp3) is 0.333. The van der Waals surface area contributed by atoms with Gasteiger partial charge < -0.3 is 4.57 Å². The van der Waals surface area contributed by atoms with Crippen molar-refractivity contribution in [2.75, 3.05) is 0 Å². The molecule has 0 rings (SSSR count). The van der Waals surface area contributed by atoms with E-state index in [-0.39, 0.29) is 13.8 Å². The van der Waals surface area contributed by atoms with Gasteiger partial charge >= 0.3 is 0 Å². The SMILES string of the molecule is C=CCB(CC=C)OB(CC=C)CC=C. The molecule has 80 valence electrons. The summed E-state index contributed by atoms with van der Waals surface area (Å²) in [5, 5.41) is 0. The lowest BCUT2D eigenvalue weighted by Gasteiger charge is -2.17. The van der Waals surface area contributed by atoms with Crippen LogP contribution in [0, 0.1) is 0 Å². The number of hydrogen-bond donors (Lipinski definition) is 0. The van der Waals surface area contributed by atoms with Crippen LogP contribution in [0.15, 0.2) is 50.6 Å². The normalized spacial score (nSPS) is 9.07. The largest absolute Gasteiger partial charge is 0.498 e. The van der Waals surface area contributed by atoms with Crippen molar-refractivity contribution in [3.05, 3.63) is 50.6 Å². The third-order valence-electron chi connectivity index (χ3n) is 2.10. The Morgan fingerprint density at radius 2 is 0.933 bits per heavy atom. The monoisotopic (exact) mass is 202 g/mol. The predicted octanol–water partition coefficient (Wildman–Crippen LogP) is 3.73. The van der Waals surface area contributed by atoms with Gasteiger partial charge in [-0.25, -0.2) is 0 Å². The van der Waals surface area contributed by atoms with Crippen LogP contribution in [0.1, 0.15) is 0 Å². The molecule has 3 heteroatoms. The summed E-state index contributed by atoms with van der Waals surface area (Å²) in [5.41, 5.74) is 0. The lowest BCUT2D eigenvalue weighted by Crippen LogP contribution is -2.27. The molecule has 0 bridgehead atoms. The van der Waals surface area contributed by atoms with E-state index in [2.05, 4.69) is 26.3 Å². The standard InChI is InChI=1S/C12H20B2O/c1-5-9-13(10-6-2)15-14(11-7-3)12-8-4/h5-8H,1-4,9-12H2. The van der Waals surface area contributed by atoms with Gasteiger partial charge in [-0.1, -0.05) is 24.3 Å². The first-order valence-corrected chi connectivity index (χ1v) is 5.37. The molecule has 0 amide bonds. The van der Waals surface area contributed by atoms with Crippen LogP contribution in [-0.2, 0) is 4.57 Å². The van der Waals surface area contributed by atoms with Gasteiger partial charge in [-0.05, 0) is 25.3 Å². The first-order valence-electron chi connectivity index (χ1n) is 5.37. The van der Waals surface area contributed by atoms with Crippen LogP contribution < -0.4 is 0 Å². The van der Waals surface area contributed by atoms with Gasteiger partial charge in [0.15, 0.2) is 0 Å². The zero-order valence-electron chi connectivity index (χ0n) is 9.53. The Hall–Kier alpha value is -0.950. The second-order valence-corrected chi connectivity index (χ2v) is 3.48. The van der Waals surface area contributed by atoms with Crippen LogP contribution in [0.25, 0.3) is 0 Å². The summed E-state index contributed by atoms with van der Waals surface area (Å²) < 4.78 is 5.93. The first-order chi connectivity index (χ1) is 7.28. The third-order valence-corrected chi connectivity index (χ3v) is 2.10. The van der Waals surface area contributed by atoms with Crippen molar-refractivity contribution in [3.8, 4) is 0 Å². The minimum absolute atomic E-state index is 0.185. The minimum Gasteiger partial charge on any atom is -0.498 e. The van der Waals surface area contributed by atoms with Gasteiger partial charge in [0.1, 0.15) is 0 Å². The van der Waals surface area contributed by atoms with E-state index in [0.29, 0.717) is 0 Å². The zero-order valence-corrected chi connectivity index (χ0v) is 9.53. The molecule has 0 aliphatic heterocycles. The molecule has 0 aromatic rings. The second-order valence-electron chi connectivity index (χ2n) is 3.48. The molecule has 0 saturated carbocycles. The van der Waals surface area contributed by atoms with Crippen LogP contribution in [0.4, 0.5) is 0 Å². The Kier molecular flexibility index (Phi) is 8.99. The van der Waals surface area contributed by atoms with E-state index >= 15 is 0 Å². The predicted molar refractivity (Wildman–Crippen MR) is 72.6 cm³/mol. The Morgan fingerprint density at radius 1 is 0.667 bits per heavy atom. The van der Waals surface area contributed by atoms with Gasteiger partial charge in [0, 0.05) is 0 Å². The van der Waals surface area contributed by atoms with E-state index in [1.54, 1.807) is 0 Å². The van der Waals surface area contributed by atoms with E-state index < -0.39 is 0 Å². The number of allylic oxidation sites excluding steroid dienone is 4. The summed E-state index contributed by atoms with van der Waals surface area (Å²) in [5.74, 6) is 0. The van der Waals surface area contributed by atoms with E-state index in [1.807, 2.05) is 24.3 Å². The highest BCUT2D eigenvalue weighted by Crippen LogP contribution is 2.10. The van der Waals surface area contributed by atoms with E-state index in [4.69, 9.17) is 4.57 Å². The van der Waals surface area contributed by atoms with Crippen LogP contribution >= 0.6 is 0 Å². The molecule has 1 nitrogen and oxygen atoms in total. The Bertz CT molecular complexity index is 172. The highest BCUT2D eigenvalue weighted by Gasteiger charge is 2.19. The van der Waals surface area contributed by atoms with Crippen molar-refractivity contribution in [1.29, 1.82) is 0 Å². The Labute approximate surface area is 94.8 Å². The van der Waals surface area contributed by atoms with Crippen molar-refractivity contribution in [2.45, 2.75) is 25.3 Å². The molecule has 0 aliphatic rings. The summed E-state index contributed by atoms with van der Waals surface area (Å²) in [6, 6.07) is 0. The summed E-state index contributed by atoms with van der Waals surface area (Å²) in [6.07, 6.45) is 11.0.